The van der Waals surface area contributed by atoms with E-state index in [1.54, 1.807) is 28.2 Å². The average Bonchev–Trinajstić information content (AvgIpc) is 3.17. The number of aliphatic hydroxyl groups excluding tert-OH is 1. The predicted octanol–water partition coefficient (Wildman–Crippen LogP) is 0.487. The molecule has 0 aromatic carbocycles. The summed E-state index contributed by atoms with van der Waals surface area (Å²) in [7, 11) is 12.6. The van der Waals surface area contributed by atoms with Crippen LogP contribution < -0.4 is 32.3 Å². The van der Waals surface area contributed by atoms with Crippen LogP contribution in [0.2, 0.25) is 0 Å². The molecular weight excluding hydrogens is 692 g/mol. The molecule has 0 aromatic heterocycles. The molecule has 0 spiro atoms. The maximum Gasteiger partial charge on any atom is 0.322 e. The third-order valence-corrected chi connectivity index (χ3v) is 8.39. The lowest BCUT2D eigenvalue weighted by Crippen LogP contribution is -2.35. The number of hydrogen-bond acceptors (Lipinski definition) is 16. The number of nitrogens with two attached hydrogens (primary N) is 1. The normalized spacial score (nSPS) is 12.6. The predicted molar refractivity (Wildman–Crippen MR) is 206 cm³/mol. The van der Waals surface area contributed by atoms with Gasteiger partial charge in [-0.1, -0.05) is 38.5 Å². The fourth-order valence-corrected chi connectivity index (χ4v) is 5.08. The molecule has 0 fully saturated rings. The topological polar surface area (TPSA) is 260 Å². The number of carbonyl (C=O) groups is 5. The Morgan fingerprint density at radius 3 is 1.08 bits per heavy atom. The number of hydrogen-bond donors (Lipinski definition) is 7. The number of likely N-dealkylation sites (N-methyl/N-ethyl adjacent to an activating group) is 4. The van der Waals surface area contributed by atoms with E-state index in [-0.39, 0.29) is 60.3 Å². The average molecular weight is 769 g/mol. The first-order valence-electron chi connectivity index (χ1n) is 18.6. The Bertz CT molecular complexity index is 866. The molecule has 0 aliphatic rings. The highest BCUT2D eigenvalue weighted by molar-refractivity contribution is 5.78. The molecule has 0 aliphatic carbocycles. The fraction of sp³-hybridized carbons (Fsp3) is 0.861. The Balaban J connectivity index is -0.000000374. The maximum atomic E-state index is 11.9. The van der Waals surface area contributed by atoms with Gasteiger partial charge in [-0.2, -0.15) is 0 Å². The van der Waals surface area contributed by atoms with E-state index in [2.05, 4.69) is 36.1 Å². The lowest BCUT2D eigenvalue weighted by Gasteiger charge is -2.13. The number of aliphatic hydroxyl groups is 1. The van der Waals surface area contributed by atoms with Crippen molar-refractivity contribution in [2.45, 2.75) is 127 Å². The van der Waals surface area contributed by atoms with Crippen LogP contribution in [0.1, 0.15) is 103 Å². The van der Waals surface area contributed by atoms with Crippen molar-refractivity contribution < 1.29 is 53.5 Å². The molecule has 17 nitrogen and oxygen atoms in total. The van der Waals surface area contributed by atoms with Crippen LogP contribution in [-0.2, 0) is 42.9 Å². The van der Waals surface area contributed by atoms with Crippen LogP contribution >= 0.6 is 0 Å². The van der Waals surface area contributed by atoms with Gasteiger partial charge >= 0.3 is 23.9 Å². The van der Waals surface area contributed by atoms with Gasteiger partial charge in [-0.15, -0.1) is 0 Å². The standard InChI is InChI=1S/C19H36N2O5.C9H20N2O3.C8H18N2O2.H2O/c1-20-16(18(23)25-3)13-9-5-7-11-15(22)12-8-6-10-14-17(21-2)19(24)26-4;1-10-8(9(13)14-2)5-3-4-6-11-7-12;1-10-7(8(11)12-2)5-3-4-6-9;/h16-17,20-21H,5-14H2,1-4H3;8,10-12H,3-7H2,1-2H3;7,10H,3-6,9H2,1-2H3;1H2. The SMILES string of the molecule is CNC(CCCCCC(=O)CCCCCC(NC)C(=O)OC)C(=O)OC.CNC(CCCCN)C(=O)OC.CNC(CCCCNCO)C(=O)OC.O. The van der Waals surface area contributed by atoms with Crippen LogP contribution in [0, 0.1) is 0 Å². The molecule has 316 valence electrons. The Morgan fingerprint density at radius 1 is 0.509 bits per heavy atom. The molecule has 10 N–H and O–H groups in total. The number of ketones is 1. The van der Waals surface area contributed by atoms with Crippen molar-refractivity contribution in [2.24, 2.45) is 5.73 Å². The van der Waals surface area contributed by atoms with Gasteiger partial charge in [-0.05, 0) is 92.6 Å². The number of rotatable bonds is 30. The van der Waals surface area contributed by atoms with Gasteiger partial charge in [-0.25, -0.2) is 0 Å². The number of methoxy groups -OCH3 is 4. The molecule has 4 unspecified atom stereocenters. The van der Waals surface area contributed by atoms with E-state index >= 15 is 0 Å². The van der Waals surface area contributed by atoms with Crippen molar-refractivity contribution in [2.75, 3.05) is 76.5 Å². The molecule has 0 rings (SSSR count). The molecule has 0 amide bonds. The zero-order valence-electron chi connectivity index (χ0n) is 33.9. The number of unbranched alkanes of at least 4 members (excludes halogenated alkanes) is 6. The van der Waals surface area contributed by atoms with Gasteiger partial charge in [0.2, 0.25) is 0 Å². The van der Waals surface area contributed by atoms with Gasteiger partial charge in [0.15, 0.2) is 0 Å². The third kappa shape index (κ3) is 33.5. The fourth-order valence-electron chi connectivity index (χ4n) is 5.08. The zero-order chi connectivity index (χ0) is 40.0. The molecule has 53 heavy (non-hydrogen) atoms. The van der Waals surface area contributed by atoms with Crippen LogP contribution in [-0.4, -0.2) is 141 Å². The highest BCUT2D eigenvalue weighted by Crippen LogP contribution is 2.12. The molecule has 0 heterocycles. The first-order valence-corrected chi connectivity index (χ1v) is 18.6. The summed E-state index contributed by atoms with van der Waals surface area (Å²) in [6.07, 6.45) is 13.4. The molecule has 0 aromatic rings. The van der Waals surface area contributed by atoms with Crippen LogP contribution in [0.5, 0.6) is 0 Å². The van der Waals surface area contributed by atoms with Gasteiger partial charge in [0.05, 0.1) is 35.2 Å². The van der Waals surface area contributed by atoms with Gasteiger partial charge in [0, 0.05) is 12.8 Å². The molecular formula is C36H76N6O11. The maximum absolute atomic E-state index is 11.9. The molecule has 0 radical (unpaired) electrons. The van der Waals surface area contributed by atoms with Crippen LogP contribution in [0.4, 0.5) is 0 Å². The van der Waals surface area contributed by atoms with E-state index in [9.17, 15) is 24.0 Å². The highest BCUT2D eigenvalue weighted by atomic mass is 16.5. The molecule has 4 atom stereocenters. The van der Waals surface area contributed by atoms with E-state index in [1.807, 2.05) is 0 Å². The molecule has 0 saturated carbocycles. The first-order chi connectivity index (χ1) is 25.0. The van der Waals surface area contributed by atoms with E-state index in [0.29, 0.717) is 25.2 Å². The number of esters is 4. The smallest absolute Gasteiger partial charge is 0.322 e. The summed E-state index contributed by atoms with van der Waals surface area (Å²) in [4.78, 5) is 56.9. The second kappa shape index (κ2) is 42.0. The second-order valence-electron chi connectivity index (χ2n) is 12.1. The van der Waals surface area contributed by atoms with E-state index in [1.165, 1.54) is 28.4 Å². The minimum atomic E-state index is -0.262. The molecule has 0 aliphatic heterocycles. The zero-order valence-corrected chi connectivity index (χ0v) is 33.9. The minimum Gasteiger partial charge on any atom is -0.468 e. The minimum absolute atomic E-state index is 0. The van der Waals surface area contributed by atoms with E-state index in [0.717, 1.165) is 96.4 Å². The summed E-state index contributed by atoms with van der Waals surface area (Å²) in [5, 5.41) is 22.9. The van der Waals surface area contributed by atoms with Gasteiger partial charge in [0.1, 0.15) is 30.0 Å². The quantitative estimate of drug-likeness (QED) is 0.0227. The van der Waals surface area contributed by atoms with Gasteiger partial charge < -0.3 is 56.5 Å². The summed E-state index contributed by atoms with van der Waals surface area (Å²) in [6, 6.07) is -0.917. The van der Waals surface area contributed by atoms with Crippen molar-refractivity contribution in [1.82, 2.24) is 26.6 Å². The Kier molecular flexibility index (Phi) is 45.1. The Labute approximate surface area is 318 Å². The largest absolute Gasteiger partial charge is 0.468 e. The highest BCUT2D eigenvalue weighted by Gasteiger charge is 2.18. The van der Waals surface area contributed by atoms with E-state index < -0.39 is 0 Å². The Hall–Kier alpha value is -2.77. The lowest BCUT2D eigenvalue weighted by atomic mass is 10.0. The summed E-state index contributed by atoms with van der Waals surface area (Å²) >= 11 is 0. The summed E-state index contributed by atoms with van der Waals surface area (Å²) in [6.45, 7) is 1.46. The third-order valence-electron chi connectivity index (χ3n) is 8.39. The van der Waals surface area contributed by atoms with E-state index in [4.69, 9.17) is 20.3 Å². The second-order valence-corrected chi connectivity index (χ2v) is 12.1. The summed E-state index contributed by atoms with van der Waals surface area (Å²) in [5.41, 5.74) is 5.33. The number of Topliss-reactive ketones (excluding diaryl/α,β-unsaturated/α-hetero) is 1. The van der Waals surface area contributed by atoms with Crippen LogP contribution in [0.25, 0.3) is 0 Å². The lowest BCUT2D eigenvalue weighted by molar-refractivity contribution is -0.144. The van der Waals surface area contributed by atoms with Crippen LogP contribution in [0.3, 0.4) is 0 Å². The summed E-state index contributed by atoms with van der Waals surface area (Å²) in [5.74, 6) is -0.606. The van der Waals surface area contributed by atoms with Crippen molar-refractivity contribution in [1.29, 1.82) is 0 Å². The Morgan fingerprint density at radius 2 is 0.811 bits per heavy atom. The molecule has 0 bridgehead atoms. The first kappa shape index (κ1) is 57.0. The monoisotopic (exact) mass is 769 g/mol. The van der Waals surface area contributed by atoms with Gasteiger partial charge in [0.25, 0.3) is 0 Å². The molecule has 0 saturated heterocycles. The van der Waals surface area contributed by atoms with Crippen molar-refractivity contribution in [3.8, 4) is 0 Å². The number of ether oxygens (including phenoxy) is 4. The summed E-state index contributed by atoms with van der Waals surface area (Å²) < 4.78 is 18.7. The molecule has 17 heteroatoms. The van der Waals surface area contributed by atoms with Gasteiger partial charge in [-0.3, -0.25) is 29.3 Å². The van der Waals surface area contributed by atoms with Crippen molar-refractivity contribution in [3.05, 3.63) is 0 Å². The van der Waals surface area contributed by atoms with Crippen LogP contribution in [0.15, 0.2) is 0 Å². The van der Waals surface area contributed by atoms with Crippen molar-refractivity contribution >= 4 is 29.7 Å². The van der Waals surface area contributed by atoms with Crippen molar-refractivity contribution in [3.63, 3.8) is 0 Å². The number of nitrogens with one attached hydrogen (secondary N) is 5. The number of carbonyl (C=O) groups excluding carboxylic acids is 5.